The lowest BCUT2D eigenvalue weighted by atomic mass is 10.1. The Morgan fingerprint density at radius 3 is 2.67 bits per heavy atom. The highest BCUT2D eigenvalue weighted by atomic mass is 16.5. The molecule has 2 heteroatoms. The zero-order valence-electron chi connectivity index (χ0n) is 9.97. The first-order valence-electron chi connectivity index (χ1n) is 5.65. The number of ether oxygens (including phenoxy) is 1. The third-order valence-electron chi connectivity index (χ3n) is 2.49. The van der Waals surface area contributed by atoms with Gasteiger partial charge in [0.05, 0.1) is 6.61 Å². The fraction of sp³-hybridized carbons (Fsp3) is 0.538. The first-order chi connectivity index (χ1) is 7.24. The van der Waals surface area contributed by atoms with Crippen molar-refractivity contribution in [1.29, 1.82) is 0 Å². The Kier molecular flexibility index (Phi) is 5.19. The highest BCUT2D eigenvalue weighted by Crippen LogP contribution is 2.16. The molecule has 0 atom stereocenters. The van der Waals surface area contributed by atoms with Crippen LogP contribution in [-0.2, 0) is 0 Å². The van der Waals surface area contributed by atoms with E-state index < -0.39 is 0 Å². The Bertz CT molecular complexity index is 297. The maximum Gasteiger partial charge on any atom is 0.119 e. The van der Waals surface area contributed by atoms with E-state index >= 15 is 0 Å². The average molecular weight is 207 g/mol. The summed E-state index contributed by atoms with van der Waals surface area (Å²) in [7, 11) is 0. The summed E-state index contributed by atoms with van der Waals surface area (Å²) >= 11 is 0. The van der Waals surface area contributed by atoms with Crippen molar-refractivity contribution in [3.05, 3.63) is 29.3 Å². The lowest BCUT2D eigenvalue weighted by Crippen LogP contribution is -2.16. The average Bonchev–Trinajstić information content (AvgIpc) is 2.23. The van der Waals surface area contributed by atoms with Crippen LogP contribution in [0.5, 0.6) is 5.75 Å². The predicted octanol–water partition coefficient (Wildman–Crippen LogP) is 2.68. The molecule has 0 radical (unpaired) electrons. The molecule has 0 amide bonds. The van der Waals surface area contributed by atoms with Crippen molar-refractivity contribution < 1.29 is 4.74 Å². The van der Waals surface area contributed by atoms with Crippen LogP contribution in [0.15, 0.2) is 18.2 Å². The minimum absolute atomic E-state index is 0.787. The molecule has 15 heavy (non-hydrogen) atoms. The minimum Gasteiger partial charge on any atom is -0.494 e. The molecule has 0 fully saturated rings. The molecule has 84 valence electrons. The van der Waals surface area contributed by atoms with Gasteiger partial charge in [-0.1, -0.05) is 13.0 Å². The van der Waals surface area contributed by atoms with Gasteiger partial charge in [0.15, 0.2) is 0 Å². The van der Waals surface area contributed by atoms with Crippen molar-refractivity contribution >= 4 is 0 Å². The molecule has 0 saturated carbocycles. The summed E-state index contributed by atoms with van der Waals surface area (Å²) in [6, 6.07) is 6.24. The number of hydrogen-bond donors (Lipinski definition) is 1. The van der Waals surface area contributed by atoms with Crippen LogP contribution in [0.25, 0.3) is 0 Å². The topological polar surface area (TPSA) is 21.3 Å². The highest BCUT2D eigenvalue weighted by Gasteiger charge is 1.96. The fourth-order valence-corrected chi connectivity index (χ4v) is 1.37. The van der Waals surface area contributed by atoms with E-state index in [0.29, 0.717) is 0 Å². The van der Waals surface area contributed by atoms with Crippen LogP contribution in [0.2, 0.25) is 0 Å². The Morgan fingerprint density at radius 2 is 2.00 bits per heavy atom. The molecular formula is C13H21NO. The first-order valence-corrected chi connectivity index (χ1v) is 5.65. The molecule has 2 nitrogen and oxygen atoms in total. The summed E-state index contributed by atoms with van der Waals surface area (Å²) < 4.78 is 5.65. The fourth-order valence-electron chi connectivity index (χ4n) is 1.37. The summed E-state index contributed by atoms with van der Waals surface area (Å²) in [5, 5.41) is 3.28. The smallest absolute Gasteiger partial charge is 0.119 e. The molecule has 0 heterocycles. The second-order valence-electron chi connectivity index (χ2n) is 3.80. The molecule has 0 spiro atoms. The molecule has 0 aromatic heterocycles. The summed E-state index contributed by atoms with van der Waals surface area (Å²) in [4.78, 5) is 0. The number of hydrogen-bond acceptors (Lipinski definition) is 2. The van der Waals surface area contributed by atoms with Gasteiger partial charge in [0.25, 0.3) is 0 Å². The molecule has 0 aliphatic heterocycles. The van der Waals surface area contributed by atoms with Crippen LogP contribution in [0, 0.1) is 13.8 Å². The van der Waals surface area contributed by atoms with Gasteiger partial charge in [-0.2, -0.15) is 0 Å². The van der Waals surface area contributed by atoms with Crippen molar-refractivity contribution in [2.75, 3.05) is 19.7 Å². The Morgan fingerprint density at radius 1 is 1.20 bits per heavy atom. The SMILES string of the molecule is CCNCCCOc1ccc(C)c(C)c1. The van der Waals surface area contributed by atoms with Gasteiger partial charge in [0.2, 0.25) is 0 Å². The third kappa shape index (κ3) is 4.34. The Hall–Kier alpha value is -1.02. The van der Waals surface area contributed by atoms with Crippen LogP contribution in [0.1, 0.15) is 24.5 Å². The normalized spacial score (nSPS) is 10.3. The van der Waals surface area contributed by atoms with Crippen molar-refractivity contribution in [3.63, 3.8) is 0 Å². The van der Waals surface area contributed by atoms with Gasteiger partial charge in [-0.15, -0.1) is 0 Å². The van der Waals surface area contributed by atoms with E-state index in [2.05, 4.69) is 38.2 Å². The lowest BCUT2D eigenvalue weighted by molar-refractivity contribution is 0.308. The number of aryl methyl sites for hydroxylation is 2. The Balaban J connectivity index is 2.28. The monoisotopic (exact) mass is 207 g/mol. The quantitative estimate of drug-likeness (QED) is 0.724. The van der Waals surface area contributed by atoms with Crippen molar-refractivity contribution in [1.82, 2.24) is 5.32 Å². The van der Waals surface area contributed by atoms with E-state index in [1.165, 1.54) is 11.1 Å². The summed E-state index contributed by atoms with van der Waals surface area (Å²) in [5.74, 6) is 0.981. The molecule has 0 aliphatic rings. The first kappa shape index (κ1) is 12.1. The number of rotatable bonds is 6. The maximum atomic E-state index is 5.65. The van der Waals surface area contributed by atoms with Crippen LogP contribution in [-0.4, -0.2) is 19.7 Å². The second kappa shape index (κ2) is 6.46. The van der Waals surface area contributed by atoms with E-state index in [-0.39, 0.29) is 0 Å². The van der Waals surface area contributed by atoms with Crippen molar-refractivity contribution in [2.45, 2.75) is 27.2 Å². The van der Waals surface area contributed by atoms with Gasteiger partial charge in [-0.05, 0) is 56.6 Å². The van der Waals surface area contributed by atoms with E-state index in [1.807, 2.05) is 6.07 Å². The Labute approximate surface area is 92.6 Å². The molecular weight excluding hydrogens is 186 g/mol. The molecule has 0 unspecified atom stereocenters. The third-order valence-corrected chi connectivity index (χ3v) is 2.49. The van der Waals surface area contributed by atoms with Crippen LogP contribution in [0.4, 0.5) is 0 Å². The molecule has 0 bridgehead atoms. The van der Waals surface area contributed by atoms with Gasteiger partial charge in [0, 0.05) is 0 Å². The second-order valence-corrected chi connectivity index (χ2v) is 3.80. The van der Waals surface area contributed by atoms with Crippen molar-refractivity contribution in [3.8, 4) is 5.75 Å². The van der Waals surface area contributed by atoms with Gasteiger partial charge in [-0.3, -0.25) is 0 Å². The standard InChI is InChI=1S/C13H21NO/c1-4-14-8-5-9-15-13-7-6-11(2)12(3)10-13/h6-7,10,14H,4-5,8-9H2,1-3H3. The molecule has 1 N–H and O–H groups in total. The largest absolute Gasteiger partial charge is 0.494 e. The maximum absolute atomic E-state index is 5.65. The zero-order valence-corrected chi connectivity index (χ0v) is 9.97. The van der Waals surface area contributed by atoms with Crippen LogP contribution in [0.3, 0.4) is 0 Å². The van der Waals surface area contributed by atoms with Crippen LogP contribution >= 0.6 is 0 Å². The van der Waals surface area contributed by atoms with Gasteiger partial charge < -0.3 is 10.1 Å². The zero-order chi connectivity index (χ0) is 11.1. The highest BCUT2D eigenvalue weighted by molar-refractivity contribution is 5.33. The van der Waals surface area contributed by atoms with E-state index in [1.54, 1.807) is 0 Å². The van der Waals surface area contributed by atoms with Gasteiger partial charge in [-0.25, -0.2) is 0 Å². The summed E-state index contributed by atoms with van der Waals surface area (Å²) in [6.07, 6.45) is 1.06. The van der Waals surface area contributed by atoms with E-state index in [9.17, 15) is 0 Å². The van der Waals surface area contributed by atoms with E-state index in [0.717, 1.165) is 31.9 Å². The molecule has 1 aromatic rings. The summed E-state index contributed by atoms with van der Waals surface area (Å²) in [5.41, 5.74) is 2.61. The molecule has 0 saturated heterocycles. The summed E-state index contributed by atoms with van der Waals surface area (Å²) in [6.45, 7) is 9.19. The van der Waals surface area contributed by atoms with E-state index in [4.69, 9.17) is 4.74 Å². The number of benzene rings is 1. The molecule has 1 rings (SSSR count). The molecule has 0 aliphatic carbocycles. The van der Waals surface area contributed by atoms with Crippen molar-refractivity contribution in [2.24, 2.45) is 0 Å². The predicted molar refractivity (Wildman–Crippen MR) is 64.6 cm³/mol. The van der Waals surface area contributed by atoms with Gasteiger partial charge >= 0.3 is 0 Å². The minimum atomic E-state index is 0.787. The van der Waals surface area contributed by atoms with Gasteiger partial charge in [0.1, 0.15) is 5.75 Å². The lowest BCUT2D eigenvalue weighted by Gasteiger charge is -2.08. The number of nitrogens with one attached hydrogen (secondary N) is 1. The molecule has 1 aromatic carbocycles. The van der Waals surface area contributed by atoms with Crippen LogP contribution < -0.4 is 10.1 Å².